The van der Waals surface area contributed by atoms with Crippen molar-refractivity contribution >= 4 is 0 Å². The molecule has 0 amide bonds. The molecule has 4 heteroatoms. The van der Waals surface area contributed by atoms with Gasteiger partial charge in [-0.2, -0.15) is 0 Å². The molecule has 2 nitrogen and oxygen atoms in total. The van der Waals surface area contributed by atoms with Crippen LogP contribution in [0.3, 0.4) is 0 Å². The van der Waals surface area contributed by atoms with Gasteiger partial charge in [0.05, 0.1) is 6.61 Å². The topological polar surface area (TPSA) is 32.3 Å². The maximum Gasteiger partial charge on any atom is 0.159 e. The quantitative estimate of drug-likeness (QED) is 0.822. The third-order valence-corrected chi connectivity index (χ3v) is 3.16. The van der Waals surface area contributed by atoms with Gasteiger partial charge in [0.1, 0.15) is 0 Å². The molecule has 0 radical (unpaired) electrons. The number of hydrogen-bond donors (Lipinski definition) is 2. The van der Waals surface area contributed by atoms with Crippen LogP contribution in [0.2, 0.25) is 0 Å². The molecule has 1 saturated heterocycles. The van der Waals surface area contributed by atoms with Crippen molar-refractivity contribution in [1.82, 2.24) is 5.32 Å². The summed E-state index contributed by atoms with van der Waals surface area (Å²) in [6.07, 6.45) is 2.40. The van der Waals surface area contributed by atoms with E-state index in [2.05, 4.69) is 5.32 Å². The molecule has 1 aromatic carbocycles. The highest BCUT2D eigenvalue weighted by molar-refractivity contribution is 5.21. The molecule has 16 heavy (non-hydrogen) atoms. The zero-order chi connectivity index (χ0) is 11.6. The minimum atomic E-state index is -0.832. The van der Waals surface area contributed by atoms with Gasteiger partial charge in [0.25, 0.3) is 0 Å². The maximum absolute atomic E-state index is 13.0. The zero-order valence-corrected chi connectivity index (χ0v) is 8.97. The Kier molecular flexibility index (Phi) is 3.21. The monoisotopic (exact) mass is 227 g/mol. The fourth-order valence-electron chi connectivity index (χ4n) is 2.25. The van der Waals surface area contributed by atoms with Gasteiger partial charge in [0.2, 0.25) is 0 Å². The normalized spacial score (nSPS) is 24.9. The average Bonchev–Trinajstić information content (AvgIpc) is 2.73. The van der Waals surface area contributed by atoms with Gasteiger partial charge >= 0.3 is 0 Å². The average molecular weight is 227 g/mol. The summed E-state index contributed by atoms with van der Waals surface area (Å²) in [5, 5.41) is 12.6. The largest absolute Gasteiger partial charge is 0.394 e. The number of rotatable bonds is 3. The summed E-state index contributed by atoms with van der Waals surface area (Å²) in [4.78, 5) is 0. The molecule has 1 aromatic rings. The van der Waals surface area contributed by atoms with E-state index in [1.807, 2.05) is 0 Å². The first-order valence-electron chi connectivity index (χ1n) is 5.45. The zero-order valence-electron chi connectivity index (χ0n) is 8.97. The summed E-state index contributed by atoms with van der Waals surface area (Å²) in [7, 11) is 0. The van der Waals surface area contributed by atoms with Crippen molar-refractivity contribution in [2.24, 2.45) is 0 Å². The predicted octanol–water partition coefficient (Wildman–Crippen LogP) is 1.62. The second-order valence-electron chi connectivity index (χ2n) is 4.39. The van der Waals surface area contributed by atoms with Crippen LogP contribution in [0.15, 0.2) is 18.2 Å². The van der Waals surface area contributed by atoms with Crippen LogP contribution in [0.25, 0.3) is 0 Å². The van der Waals surface area contributed by atoms with E-state index < -0.39 is 11.6 Å². The minimum Gasteiger partial charge on any atom is -0.394 e. The highest BCUT2D eigenvalue weighted by Gasteiger charge is 2.32. The number of nitrogens with one attached hydrogen (secondary N) is 1. The number of aliphatic hydroxyl groups excluding tert-OH is 1. The van der Waals surface area contributed by atoms with E-state index in [1.165, 1.54) is 6.07 Å². The number of hydrogen-bond acceptors (Lipinski definition) is 2. The van der Waals surface area contributed by atoms with Crippen LogP contribution in [0.1, 0.15) is 18.4 Å². The molecule has 88 valence electrons. The van der Waals surface area contributed by atoms with Crippen LogP contribution >= 0.6 is 0 Å². The third-order valence-electron chi connectivity index (χ3n) is 3.16. The van der Waals surface area contributed by atoms with Crippen molar-refractivity contribution in [3.05, 3.63) is 35.4 Å². The lowest BCUT2D eigenvalue weighted by Crippen LogP contribution is -2.45. The molecule has 1 atom stereocenters. The van der Waals surface area contributed by atoms with Crippen molar-refractivity contribution < 1.29 is 13.9 Å². The van der Waals surface area contributed by atoms with E-state index in [4.69, 9.17) is 0 Å². The Morgan fingerprint density at radius 2 is 2.12 bits per heavy atom. The molecule has 0 saturated carbocycles. The molecule has 0 aliphatic carbocycles. The summed E-state index contributed by atoms with van der Waals surface area (Å²) < 4.78 is 25.8. The van der Waals surface area contributed by atoms with E-state index in [9.17, 15) is 13.9 Å². The van der Waals surface area contributed by atoms with Gasteiger partial charge in [-0.05, 0) is 43.5 Å². The van der Waals surface area contributed by atoms with Crippen LogP contribution in [-0.4, -0.2) is 23.8 Å². The van der Waals surface area contributed by atoms with Crippen molar-refractivity contribution in [2.45, 2.75) is 24.8 Å². The second kappa shape index (κ2) is 4.47. The number of aliphatic hydroxyl groups is 1. The highest BCUT2D eigenvalue weighted by Crippen LogP contribution is 2.24. The molecule has 1 aliphatic heterocycles. The van der Waals surface area contributed by atoms with Gasteiger partial charge in [-0.1, -0.05) is 6.07 Å². The fraction of sp³-hybridized carbons (Fsp3) is 0.500. The Bertz CT molecular complexity index is 375. The Morgan fingerprint density at radius 1 is 1.31 bits per heavy atom. The minimum absolute atomic E-state index is 0.0198. The highest BCUT2D eigenvalue weighted by atomic mass is 19.2. The Balaban J connectivity index is 2.16. The van der Waals surface area contributed by atoms with E-state index in [-0.39, 0.29) is 12.1 Å². The van der Waals surface area contributed by atoms with Gasteiger partial charge in [-0.25, -0.2) is 8.78 Å². The van der Waals surface area contributed by atoms with E-state index in [0.29, 0.717) is 12.0 Å². The molecule has 2 N–H and O–H groups in total. The van der Waals surface area contributed by atoms with Crippen LogP contribution in [0.5, 0.6) is 0 Å². The summed E-state index contributed by atoms with van der Waals surface area (Å²) in [5.41, 5.74) is 0.354. The number of benzene rings is 1. The first kappa shape index (κ1) is 11.5. The van der Waals surface area contributed by atoms with Gasteiger partial charge in [0, 0.05) is 5.54 Å². The van der Waals surface area contributed by atoms with Crippen molar-refractivity contribution in [1.29, 1.82) is 0 Å². The molecule has 0 spiro atoms. The maximum atomic E-state index is 13.0. The van der Waals surface area contributed by atoms with E-state index >= 15 is 0 Å². The van der Waals surface area contributed by atoms with Crippen LogP contribution < -0.4 is 5.32 Å². The molecular formula is C12H15F2NO. The standard InChI is InChI=1S/C12H15F2NO/c13-10-3-2-9(6-11(10)14)7-12(8-16)4-1-5-15-12/h2-3,6,15-16H,1,4-5,7-8H2. The second-order valence-corrected chi connectivity index (χ2v) is 4.39. The lowest BCUT2D eigenvalue weighted by Gasteiger charge is -2.27. The first-order chi connectivity index (χ1) is 7.65. The SMILES string of the molecule is OCC1(Cc2ccc(F)c(F)c2)CCCN1. The van der Waals surface area contributed by atoms with Gasteiger partial charge in [-0.3, -0.25) is 0 Å². The Morgan fingerprint density at radius 3 is 2.69 bits per heavy atom. The van der Waals surface area contributed by atoms with Crippen molar-refractivity contribution in [3.8, 4) is 0 Å². The molecule has 2 rings (SSSR count). The molecule has 1 heterocycles. The fourth-order valence-corrected chi connectivity index (χ4v) is 2.25. The van der Waals surface area contributed by atoms with Gasteiger partial charge in [-0.15, -0.1) is 0 Å². The van der Waals surface area contributed by atoms with E-state index in [1.54, 1.807) is 6.07 Å². The first-order valence-corrected chi connectivity index (χ1v) is 5.45. The van der Waals surface area contributed by atoms with Crippen LogP contribution in [-0.2, 0) is 6.42 Å². The Labute approximate surface area is 93.3 Å². The molecule has 0 aromatic heterocycles. The third kappa shape index (κ3) is 2.23. The van der Waals surface area contributed by atoms with Crippen LogP contribution in [0.4, 0.5) is 8.78 Å². The summed E-state index contributed by atoms with van der Waals surface area (Å²) in [6, 6.07) is 3.90. The molecule has 1 aliphatic rings. The number of halogens is 2. The lowest BCUT2D eigenvalue weighted by atomic mass is 9.90. The van der Waals surface area contributed by atoms with Gasteiger partial charge in [0.15, 0.2) is 11.6 Å². The summed E-state index contributed by atoms with van der Waals surface area (Å²) in [5.74, 6) is -1.66. The lowest BCUT2D eigenvalue weighted by molar-refractivity contribution is 0.177. The molecule has 1 unspecified atom stereocenters. The Hall–Kier alpha value is -1.00. The van der Waals surface area contributed by atoms with E-state index in [0.717, 1.165) is 25.5 Å². The van der Waals surface area contributed by atoms with Crippen LogP contribution in [0, 0.1) is 11.6 Å². The summed E-state index contributed by atoms with van der Waals surface area (Å²) in [6.45, 7) is 0.885. The molecule has 1 fully saturated rings. The molecule has 0 bridgehead atoms. The van der Waals surface area contributed by atoms with Crippen molar-refractivity contribution in [2.75, 3.05) is 13.2 Å². The predicted molar refractivity (Wildman–Crippen MR) is 57.1 cm³/mol. The molecular weight excluding hydrogens is 212 g/mol. The van der Waals surface area contributed by atoms with Gasteiger partial charge < -0.3 is 10.4 Å². The summed E-state index contributed by atoms with van der Waals surface area (Å²) >= 11 is 0. The smallest absolute Gasteiger partial charge is 0.159 e. The van der Waals surface area contributed by atoms with Crippen molar-refractivity contribution in [3.63, 3.8) is 0 Å².